The van der Waals surface area contributed by atoms with E-state index in [0.717, 1.165) is 11.0 Å². The van der Waals surface area contributed by atoms with Gasteiger partial charge in [-0.2, -0.15) is 5.26 Å². The summed E-state index contributed by atoms with van der Waals surface area (Å²) in [4.78, 5) is 35.1. The standard InChI is InChI=1S/C12H16N4O3/c1-2-7-15-8-4-11(18)16(12(15)19)9-10(17)14-6-3-5-13/h4,8H,2-3,6-7,9H2,1H3,(H,14,17). The van der Waals surface area contributed by atoms with Gasteiger partial charge in [-0.1, -0.05) is 6.92 Å². The van der Waals surface area contributed by atoms with Gasteiger partial charge in [0.2, 0.25) is 5.91 Å². The normalized spacial score (nSPS) is 9.89. The fraction of sp³-hybridized carbons (Fsp3) is 0.500. The van der Waals surface area contributed by atoms with Crippen molar-refractivity contribution in [1.29, 1.82) is 5.26 Å². The predicted octanol–water partition coefficient (Wildman–Crippen LogP) is -0.550. The van der Waals surface area contributed by atoms with Crippen LogP contribution in [0.3, 0.4) is 0 Å². The van der Waals surface area contributed by atoms with Crippen LogP contribution >= 0.6 is 0 Å². The summed E-state index contributed by atoms with van der Waals surface area (Å²) in [6, 6.07) is 3.15. The Bertz CT molecular complexity index is 594. The third-order valence-corrected chi connectivity index (χ3v) is 2.46. The minimum atomic E-state index is -0.507. The molecule has 0 saturated carbocycles. The van der Waals surface area contributed by atoms with Crippen LogP contribution in [0.2, 0.25) is 0 Å². The lowest BCUT2D eigenvalue weighted by atomic mass is 10.4. The Balaban J connectivity index is 2.86. The molecule has 1 N–H and O–H groups in total. The molecule has 1 aromatic rings. The van der Waals surface area contributed by atoms with Gasteiger partial charge in [0, 0.05) is 25.4 Å². The molecule has 0 spiro atoms. The molecule has 0 bridgehead atoms. The number of nitrogens with one attached hydrogen (secondary N) is 1. The van der Waals surface area contributed by atoms with Crippen molar-refractivity contribution >= 4 is 5.91 Å². The van der Waals surface area contributed by atoms with Crippen molar-refractivity contribution in [3.63, 3.8) is 0 Å². The molecule has 1 aromatic heterocycles. The average molecular weight is 264 g/mol. The summed E-state index contributed by atoms with van der Waals surface area (Å²) in [6.07, 6.45) is 2.38. The van der Waals surface area contributed by atoms with Gasteiger partial charge in [-0.25, -0.2) is 4.79 Å². The van der Waals surface area contributed by atoms with Gasteiger partial charge in [-0.3, -0.25) is 14.2 Å². The topological polar surface area (TPSA) is 96.9 Å². The van der Waals surface area contributed by atoms with Crippen molar-refractivity contribution in [3.05, 3.63) is 33.1 Å². The Hall–Kier alpha value is -2.36. The van der Waals surface area contributed by atoms with E-state index in [1.807, 2.05) is 13.0 Å². The van der Waals surface area contributed by atoms with E-state index >= 15 is 0 Å². The molecule has 19 heavy (non-hydrogen) atoms. The van der Waals surface area contributed by atoms with E-state index in [1.165, 1.54) is 16.8 Å². The molecule has 0 unspecified atom stereocenters. The van der Waals surface area contributed by atoms with Gasteiger partial charge in [-0.05, 0) is 6.42 Å². The quantitative estimate of drug-likeness (QED) is 0.697. The lowest BCUT2D eigenvalue weighted by Crippen LogP contribution is -2.43. The summed E-state index contributed by atoms with van der Waals surface area (Å²) in [5, 5.41) is 10.8. The minimum absolute atomic E-state index is 0.190. The molecule has 0 fully saturated rings. The highest BCUT2D eigenvalue weighted by Gasteiger charge is 2.09. The summed E-state index contributed by atoms with van der Waals surface area (Å²) in [5.74, 6) is -0.455. The van der Waals surface area contributed by atoms with Crippen LogP contribution in [0.25, 0.3) is 0 Å². The second-order valence-corrected chi connectivity index (χ2v) is 3.97. The van der Waals surface area contributed by atoms with E-state index in [9.17, 15) is 14.4 Å². The molecule has 0 aliphatic heterocycles. The van der Waals surface area contributed by atoms with Crippen LogP contribution in [0.4, 0.5) is 0 Å². The Labute approximate surface area is 110 Å². The van der Waals surface area contributed by atoms with E-state index in [2.05, 4.69) is 5.32 Å². The maximum atomic E-state index is 11.9. The fourth-order valence-electron chi connectivity index (χ4n) is 1.57. The van der Waals surface area contributed by atoms with Crippen molar-refractivity contribution in [1.82, 2.24) is 14.5 Å². The van der Waals surface area contributed by atoms with E-state index in [0.29, 0.717) is 6.54 Å². The Morgan fingerprint density at radius 3 is 2.84 bits per heavy atom. The first-order chi connectivity index (χ1) is 9.10. The van der Waals surface area contributed by atoms with Gasteiger partial charge < -0.3 is 9.88 Å². The van der Waals surface area contributed by atoms with Crippen molar-refractivity contribution < 1.29 is 4.79 Å². The fourth-order valence-corrected chi connectivity index (χ4v) is 1.57. The van der Waals surface area contributed by atoms with E-state index in [4.69, 9.17) is 5.26 Å². The van der Waals surface area contributed by atoms with Crippen LogP contribution in [0.1, 0.15) is 19.8 Å². The van der Waals surface area contributed by atoms with Gasteiger partial charge in [0.25, 0.3) is 5.56 Å². The summed E-state index contributed by atoms with van der Waals surface area (Å²) >= 11 is 0. The van der Waals surface area contributed by atoms with E-state index in [1.54, 1.807) is 0 Å². The highest BCUT2D eigenvalue weighted by molar-refractivity contribution is 5.75. The molecule has 7 nitrogen and oxygen atoms in total. The summed E-state index contributed by atoms with van der Waals surface area (Å²) in [6.45, 7) is 2.29. The number of nitriles is 1. The maximum absolute atomic E-state index is 11.9. The molecular formula is C12H16N4O3. The third-order valence-electron chi connectivity index (χ3n) is 2.46. The lowest BCUT2D eigenvalue weighted by Gasteiger charge is -2.08. The van der Waals surface area contributed by atoms with E-state index in [-0.39, 0.29) is 19.5 Å². The Kier molecular flexibility index (Phi) is 5.54. The zero-order valence-electron chi connectivity index (χ0n) is 10.8. The number of rotatable bonds is 6. The van der Waals surface area contributed by atoms with Crippen molar-refractivity contribution in [2.45, 2.75) is 32.9 Å². The molecule has 1 amide bonds. The Morgan fingerprint density at radius 1 is 1.47 bits per heavy atom. The van der Waals surface area contributed by atoms with Crippen molar-refractivity contribution in [2.75, 3.05) is 6.54 Å². The van der Waals surface area contributed by atoms with E-state index < -0.39 is 17.2 Å². The number of carbonyl (C=O) groups excluding carboxylic acids is 1. The summed E-state index contributed by atoms with van der Waals surface area (Å²) in [7, 11) is 0. The molecule has 0 atom stereocenters. The van der Waals surface area contributed by atoms with Crippen LogP contribution in [0, 0.1) is 11.3 Å². The predicted molar refractivity (Wildman–Crippen MR) is 68.5 cm³/mol. The van der Waals surface area contributed by atoms with Gasteiger partial charge >= 0.3 is 5.69 Å². The molecule has 0 aromatic carbocycles. The Morgan fingerprint density at radius 2 is 2.21 bits per heavy atom. The molecule has 0 aliphatic carbocycles. The SMILES string of the molecule is CCCn1ccc(=O)n(CC(=O)NCCC#N)c1=O. The molecule has 7 heteroatoms. The number of hydrogen-bond donors (Lipinski definition) is 1. The molecule has 0 saturated heterocycles. The largest absolute Gasteiger partial charge is 0.354 e. The number of carbonyl (C=O) groups is 1. The number of amides is 1. The molecule has 0 radical (unpaired) electrons. The number of aryl methyl sites for hydroxylation is 1. The van der Waals surface area contributed by atoms with Crippen molar-refractivity contribution in [3.8, 4) is 6.07 Å². The highest BCUT2D eigenvalue weighted by Crippen LogP contribution is 1.84. The molecule has 1 heterocycles. The summed E-state index contributed by atoms with van der Waals surface area (Å²) in [5.41, 5.74) is -1.00. The third kappa shape index (κ3) is 4.10. The second kappa shape index (κ2) is 7.16. The van der Waals surface area contributed by atoms with Gasteiger partial charge in [0.15, 0.2) is 0 Å². The van der Waals surface area contributed by atoms with Crippen LogP contribution in [0.15, 0.2) is 21.9 Å². The number of aromatic nitrogens is 2. The smallest absolute Gasteiger partial charge is 0.331 e. The number of nitrogens with zero attached hydrogens (tertiary/aromatic N) is 3. The van der Waals surface area contributed by atoms with Crippen LogP contribution in [-0.4, -0.2) is 21.6 Å². The van der Waals surface area contributed by atoms with Crippen LogP contribution < -0.4 is 16.6 Å². The van der Waals surface area contributed by atoms with Crippen LogP contribution in [0.5, 0.6) is 0 Å². The van der Waals surface area contributed by atoms with Gasteiger partial charge in [-0.15, -0.1) is 0 Å². The lowest BCUT2D eigenvalue weighted by molar-refractivity contribution is -0.121. The first-order valence-corrected chi connectivity index (χ1v) is 6.04. The molecule has 1 rings (SSSR count). The summed E-state index contributed by atoms with van der Waals surface area (Å²) < 4.78 is 2.28. The monoisotopic (exact) mass is 264 g/mol. The maximum Gasteiger partial charge on any atom is 0.331 e. The second-order valence-electron chi connectivity index (χ2n) is 3.97. The minimum Gasteiger partial charge on any atom is -0.354 e. The highest BCUT2D eigenvalue weighted by atomic mass is 16.2. The van der Waals surface area contributed by atoms with Crippen LogP contribution in [-0.2, 0) is 17.9 Å². The zero-order chi connectivity index (χ0) is 14.3. The van der Waals surface area contributed by atoms with Gasteiger partial charge in [0.05, 0.1) is 12.5 Å². The zero-order valence-corrected chi connectivity index (χ0v) is 10.8. The molecular weight excluding hydrogens is 248 g/mol. The van der Waals surface area contributed by atoms with Gasteiger partial charge in [0.1, 0.15) is 6.54 Å². The first-order valence-electron chi connectivity index (χ1n) is 6.04. The average Bonchev–Trinajstić information content (AvgIpc) is 2.38. The number of hydrogen-bond acceptors (Lipinski definition) is 4. The van der Waals surface area contributed by atoms with Crippen molar-refractivity contribution in [2.24, 2.45) is 0 Å². The molecule has 102 valence electrons. The first kappa shape index (κ1) is 14.7. The molecule has 0 aliphatic rings.